The molecule has 0 aliphatic carbocycles. The molecule has 0 radical (unpaired) electrons. The van der Waals surface area contributed by atoms with Crippen molar-refractivity contribution < 1.29 is 0 Å². The first-order valence-corrected chi connectivity index (χ1v) is 7.36. The van der Waals surface area contributed by atoms with Gasteiger partial charge in [-0.15, -0.1) is 0 Å². The van der Waals surface area contributed by atoms with Gasteiger partial charge in [-0.2, -0.15) is 5.10 Å². The Labute approximate surface area is 116 Å². The van der Waals surface area contributed by atoms with E-state index >= 15 is 0 Å². The van der Waals surface area contributed by atoms with Gasteiger partial charge in [-0.25, -0.2) is 0 Å². The Morgan fingerprint density at radius 2 is 2.06 bits per heavy atom. The van der Waals surface area contributed by atoms with Gasteiger partial charge in [-0.1, -0.05) is 38.3 Å². The smallest absolute Gasteiger partial charge is 0.0860 e. The lowest BCUT2D eigenvalue weighted by Gasteiger charge is -2.08. The van der Waals surface area contributed by atoms with E-state index in [1.807, 2.05) is 11.6 Å². The van der Waals surface area contributed by atoms with Gasteiger partial charge in [0.1, 0.15) is 0 Å². The molecule has 1 rings (SSSR count). The maximum Gasteiger partial charge on any atom is 0.0860 e. The van der Waals surface area contributed by atoms with Gasteiger partial charge in [0.05, 0.1) is 16.4 Å². The van der Waals surface area contributed by atoms with Crippen LogP contribution >= 0.6 is 11.6 Å². The number of unbranched alkanes of at least 4 members (excludes halogenated alkanes) is 1. The third kappa shape index (κ3) is 4.62. The van der Waals surface area contributed by atoms with E-state index in [1.54, 1.807) is 0 Å². The molecular weight excluding hydrogens is 246 g/mol. The Kier molecular flexibility index (Phi) is 6.72. The number of nitrogens with one attached hydrogen (secondary N) is 1. The second kappa shape index (κ2) is 7.80. The molecule has 4 heteroatoms. The number of aromatic nitrogens is 2. The molecule has 1 aromatic rings. The van der Waals surface area contributed by atoms with Crippen LogP contribution in [0.3, 0.4) is 0 Å². The summed E-state index contributed by atoms with van der Waals surface area (Å²) in [4.78, 5) is 0. The van der Waals surface area contributed by atoms with Crippen LogP contribution in [0.5, 0.6) is 0 Å². The van der Waals surface area contributed by atoms with Gasteiger partial charge < -0.3 is 5.32 Å². The average Bonchev–Trinajstić information content (AvgIpc) is 2.60. The van der Waals surface area contributed by atoms with Crippen molar-refractivity contribution in [2.24, 2.45) is 5.92 Å². The lowest BCUT2D eigenvalue weighted by atomic mass is 10.1. The number of halogens is 1. The molecule has 0 saturated carbocycles. The average molecular weight is 272 g/mol. The summed E-state index contributed by atoms with van der Waals surface area (Å²) >= 11 is 6.25. The van der Waals surface area contributed by atoms with Crippen molar-refractivity contribution in [3.63, 3.8) is 0 Å². The Morgan fingerprint density at radius 1 is 1.33 bits per heavy atom. The summed E-state index contributed by atoms with van der Waals surface area (Å²) in [6.07, 6.45) is 3.84. The van der Waals surface area contributed by atoms with Crippen LogP contribution < -0.4 is 5.32 Å². The summed E-state index contributed by atoms with van der Waals surface area (Å²) in [6.45, 7) is 11.3. The third-order valence-corrected chi connectivity index (χ3v) is 3.62. The lowest BCUT2D eigenvalue weighted by molar-refractivity contribution is 0.512. The zero-order valence-electron chi connectivity index (χ0n) is 12.1. The molecule has 0 unspecified atom stereocenters. The Hall–Kier alpha value is -0.540. The molecule has 1 aromatic heterocycles. The normalized spacial score (nSPS) is 11.4. The molecule has 104 valence electrons. The Bertz CT molecular complexity index is 358. The molecule has 0 atom stereocenters. The topological polar surface area (TPSA) is 29.9 Å². The van der Waals surface area contributed by atoms with E-state index in [1.165, 1.54) is 19.3 Å². The lowest BCUT2D eigenvalue weighted by Crippen LogP contribution is -2.18. The van der Waals surface area contributed by atoms with Gasteiger partial charge in [-0.05, 0) is 32.7 Å². The Morgan fingerprint density at radius 3 is 2.67 bits per heavy atom. The van der Waals surface area contributed by atoms with Crippen LogP contribution in [0.15, 0.2) is 0 Å². The molecular formula is C14H26ClN3. The SMILES string of the molecule is CCn1nc(C)c(Cl)c1CNCCCCC(C)C. The van der Waals surface area contributed by atoms with Crippen LogP contribution in [0.4, 0.5) is 0 Å². The highest BCUT2D eigenvalue weighted by Gasteiger charge is 2.11. The summed E-state index contributed by atoms with van der Waals surface area (Å²) in [6, 6.07) is 0. The molecule has 1 heterocycles. The maximum atomic E-state index is 6.25. The minimum Gasteiger partial charge on any atom is -0.311 e. The predicted octanol–water partition coefficient (Wildman–Crippen LogP) is 3.78. The minimum atomic E-state index is 0.809. The summed E-state index contributed by atoms with van der Waals surface area (Å²) in [5, 5.41) is 8.68. The summed E-state index contributed by atoms with van der Waals surface area (Å²) in [5.41, 5.74) is 2.04. The predicted molar refractivity (Wildman–Crippen MR) is 78.0 cm³/mol. The van der Waals surface area contributed by atoms with Crippen molar-refractivity contribution in [2.75, 3.05) is 6.54 Å². The van der Waals surface area contributed by atoms with Crippen molar-refractivity contribution in [3.05, 3.63) is 16.4 Å². The van der Waals surface area contributed by atoms with Crippen LogP contribution in [0.1, 0.15) is 51.4 Å². The molecule has 3 nitrogen and oxygen atoms in total. The summed E-state index contributed by atoms with van der Waals surface area (Å²) < 4.78 is 1.98. The van der Waals surface area contributed by atoms with E-state index in [9.17, 15) is 0 Å². The Balaban J connectivity index is 2.31. The molecule has 0 fully saturated rings. The molecule has 18 heavy (non-hydrogen) atoms. The van der Waals surface area contributed by atoms with Crippen molar-refractivity contribution in [3.8, 4) is 0 Å². The zero-order chi connectivity index (χ0) is 13.5. The van der Waals surface area contributed by atoms with Crippen molar-refractivity contribution >= 4 is 11.6 Å². The first-order valence-electron chi connectivity index (χ1n) is 6.98. The second-order valence-electron chi connectivity index (χ2n) is 5.23. The number of rotatable bonds is 8. The third-order valence-electron chi connectivity index (χ3n) is 3.13. The van der Waals surface area contributed by atoms with E-state index in [0.29, 0.717) is 0 Å². The van der Waals surface area contributed by atoms with E-state index in [-0.39, 0.29) is 0 Å². The highest BCUT2D eigenvalue weighted by molar-refractivity contribution is 6.31. The van der Waals surface area contributed by atoms with Gasteiger partial charge in [-0.3, -0.25) is 4.68 Å². The van der Waals surface area contributed by atoms with Crippen molar-refractivity contribution in [1.29, 1.82) is 0 Å². The van der Waals surface area contributed by atoms with Gasteiger partial charge in [0.25, 0.3) is 0 Å². The van der Waals surface area contributed by atoms with Crippen molar-refractivity contribution in [2.45, 2.75) is 60.0 Å². The molecule has 0 aromatic carbocycles. The number of hydrogen-bond donors (Lipinski definition) is 1. The zero-order valence-corrected chi connectivity index (χ0v) is 12.8. The summed E-state index contributed by atoms with van der Waals surface area (Å²) in [5.74, 6) is 0.809. The van der Waals surface area contributed by atoms with Crippen LogP contribution in [0, 0.1) is 12.8 Å². The first-order chi connectivity index (χ1) is 8.56. The van der Waals surface area contributed by atoms with Crippen LogP contribution in [0.25, 0.3) is 0 Å². The molecule has 0 spiro atoms. The van der Waals surface area contributed by atoms with Crippen LogP contribution in [-0.4, -0.2) is 16.3 Å². The standard InChI is InChI=1S/C14H26ClN3/c1-5-18-13(14(15)12(4)17-18)10-16-9-7-6-8-11(2)3/h11,16H,5-10H2,1-4H3. The fraction of sp³-hybridized carbons (Fsp3) is 0.786. The highest BCUT2D eigenvalue weighted by atomic mass is 35.5. The van der Waals surface area contributed by atoms with E-state index in [4.69, 9.17) is 11.6 Å². The van der Waals surface area contributed by atoms with Crippen LogP contribution in [0.2, 0.25) is 5.02 Å². The molecule has 0 bridgehead atoms. The maximum absolute atomic E-state index is 6.25. The van der Waals surface area contributed by atoms with E-state index < -0.39 is 0 Å². The van der Waals surface area contributed by atoms with E-state index in [0.717, 1.165) is 42.0 Å². The number of hydrogen-bond acceptors (Lipinski definition) is 2. The fourth-order valence-corrected chi connectivity index (χ4v) is 2.25. The number of nitrogens with zero attached hydrogens (tertiary/aromatic N) is 2. The van der Waals surface area contributed by atoms with Crippen LogP contribution in [-0.2, 0) is 13.1 Å². The van der Waals surface area contributed by atoms with Gasteiger partial charge in [0, 0.05) is 13.1 Å². The summed E-state index contributed by atoms with van der Waals surface area (Å²) in [7, 11) is 0. The largest absolute Gasteiger partial charge is 0.311 e. The van der Waals surface area contributed by atoms with Gasteiger partial charge in [0.2, 0.25) is 0 Å². The molecule has 0 amide bonds. The molecule has 0 aliphatic heterocycles. The number of aryl methyl sites for hydroxylation is 2. The minimum absolute atomic E-state index is 0.809. The fourth-order valence-electron chi connectivity index (χ4n) is 2.05. The van der Waals surface area contributed by atoms with Crippen molar-refractivity contribution in [1.82, 2.24) is 15.1 Å². The van der Waals surface area contributed by atoms with Gasteiger partial charge in [0.15, 0.2) is 0 Å². The van der Waals surface area contributed by atoms with Gasteiger partial charge >= 0.3 is 0 Å². The quantitative estimate of drug-likeness (QED) is 0.729. The monoisotopic (exact) mass is 271 g/mol. The van der Waals surface area contributed by atoms with E-state index in [2.05, 4.69) is 31.2 Å². The molecule has 1 N–H and O–H groups in total. The second-order valence-corrected chi connectivity index (χ2v) is 5.61. The first kappa shape index (κ1) is 15.5. The molecule has 0 saturated heterocycles. The highest BCUT2D eigenvalue weighted by Crippen LogP contribution is 2.19. The molecule has 0 aliphatic rings.